The summed E-state index contributed by atoms with van der Waals surface area (Å²) in [6, 6.07) is 4.27. The smallest absolute Gasteiger partial charge is 0.155 e. The van der Waals surface area contributed by atoms with E-state index in [1.165, 1.54) is 16.7 Å². The summed E-state index contributed by atoms with van der Waals surface area (Å²) >= 11 is 0. The lowest BCUT2D eigenvalue weighted by molar-refractivity contribution is 0.500. The summed E-state index contributed by atoms with van der Waals surface area (Å²) in [6.45, 7) is 8.42. The maximum atomic E-state index is 5.79. The normalized spacial score (nSPS) is 21.6. The van der Waals surface area contributed by atoms with Gasteiger partial charge >= 0.3 is 0 Å². The number of aromatic amines is 1. The second-order valence-electron chi connectivity index (χ2n) is 5.94. The lowest BCUT2D eigenvalue weighted by Gasteiger charge is -2.25. The third kappa shape index (κ3) is 2.54. The third-order valence-electron chi connectivity index (χ3n) is 4.42. The number of benzene rings is 1. The van der Waals surface area contributed by atoms with Crippen LogP contribution in [0, 0.1) is 19.8 Å². The summed E-state index contributed by atoms with van der Waals surface area (Å²) in [5.41, 5.74) is 9.71. The molecule has 0 spiro atoms. The zero-order chi connectivity index (χ0) is 15.0. The van der Waals surface area contributed by atoms with E-state index < -0.39 is 0 Å². The topological polar surface area (TPSA) is 78.8 Å². The maximum absolute atomic E-state index is 5.79. The molecule has 21 heavy (non-hydrogen) atoms. The summed E-state index contributed by atoms with van der Waals surface area (Å²) in [5.74, 6) is 7.09. The van der Waals surface area contributed by atoms with Crippen LogP contribution in [0.15, 0.2) is 17.7 Å². The lowest BCUT2D eigenvalue weighted by atomic mass is 9.92. The van der Waals surface area contributed by atoms with E-state index in [2.05, 4.69) is 48.6 Å². The van der Waals surface area contributed by atoms with Gasteiger partial charge < -0.3 is 15.7 Å². The molecular formula is C16H23N5. The molecular weight excluding hydrogens is 262 g/mol. The van der Waals surface area contributed by atoms with E-state index in [9.17, 15) is 0 Å². The largest absolute Gasteiger partial charge is 0.337 e. The molecule has 1 aliphatic heterocycles. The summed E-state index contributed by atoms with van der Waals surface area (Å²) in [7, 11) is 0. The molecule has 1 atom stereocenters. The van der Waals surface area contributed by atoms with Gasteiger partial charge in [-0.05, 0) is 61.6 Å². The highest BCUT2D eigenvalue weighted by Crippen LogP contribution is 2.26. The number of nitrogens with two attached hydrogens (primary N) is 1. The highest BCUT2D eigenvalue weighted by Gasteiger charge is 2.20. The molecule has 5 heteroatoms. The fourth-order valence-corrected chi connectivity index (χ4v) is 2.98. The van der Waals surface area contributed by atoms with Gasteiger partial charge in [-0.15, -0.1) is 0 Å². The molecule has 1 unspecified atom stereocenters. The second kappa shape index (κ2) is 5.50. The SMILES string of the molecule is Cc1cc2nc(/C(NN)=C3\CCNCC3C)[nH]c2cc1C. The first-order valence-corrected chi connectivity index (χ1v) is 7.48. The number of aromatic nitrogens is 2. The zero-order valence-corrected chi connectivity index (χ0v) is 12.9. The van der Waals surface area contributed by atoms with E-state index in [4.69, 9.17) is 10.8 Å². The molecule has 0 aliphatic carbocycles. The van der Waals surface area contributed by atoms with E-state index in [1.807, 2.05) is 0 Å². The molecule has 2 heterocycles. The van der Waals surface area contributed by atoms with E-state index in [1.54, 1.807) is 0 Å². The van der Waals surface area contributed by atoms with Crippen molar-refractivity contribution in [2.75, 3.05) is 13.1 Å². The fourth-order valence-electron chi connectivity index (χ4n) is 2.98. The standard InChI is InChI=1S/C16H23N5/c1-9-6-13-14(7-10(9)2)20-16(19-13)15(21-17)12-4-5-18-8-11(12)3/h6-7,11,18,21H,4-5,8,17H2,1-3H3,(H,19,20)/b15-12-. The van der Waals surface area contributed by atoms with Gasteiger partial charge in [0.25, 0.3) is 0 Å². The number of nitrogens with zero attached hydrogens (tertiary/aromatic N) is 1. The van der Waals surface area contributed by atoms with Gasteiger partial charge in [-0.3, -0.25) is 5.84 Å². The van der Waals surface area contributed by atoms with Crippen LogP contribution in [0.5, 0.6) is 0 Å². The summed E-state index contributed by atoms with van der Waals surface area (Å²) in [6.07, 6.45) is 0.996. The Hall–Kier alpha value is -1.85. The molecule has 5 N–H and O–H groups in total. The van der Waals surface area contributed by atoms with Crippen molar-refractivity contribution in [3.05, 3.63) is 34.7 Å². The van der Waals surface area contributed by atoms with Crippen molar-refractivity contribution in [2.24, 2.45) is 11.8 Å². The van der Waals surface area contributed by atoms with Gasteiger partial charge in [0.05, 0.1) is 16.7 Å². The fraction of sp³-hybridized carbons (Fsp3) is 0.438. The van der Waals surface area contributed by atoms with Crippen LogP contribution in [-0.4, -0.2) is 23.1 Å². The molecule has 1 aromatic heterocycles. The molecule has 1 fully saturated rings. The van der Waals surface area contributed by atoms with E-state index in [0.29, 0.717) is 5.92 Å². The van der Waals surface area contributed by atoms with Gasteiger partial charge in [-0.2, -0.15) is 0 Å². The zero-order valence-electron chi connectivity index (χ0n) is 12.9. The first kappa shape index (κ1) is 14.1. The van der Waals surface area contributed by atoms with Gasteiger partial charge in [0.2, 0.25) is 0 Å². The minimum absolute atomic E-state index is 0.460. The minimum atomic E-state index is 0.460. The van der Waals surface area contributed by atoms with Crippen LogP contribution >= 0.6 is 0 Å². The van der Waals surface area contributed by atoms with Gasteiger partial charge in [-0.1, -0.05) is 6.92 Å². The maximum Gasteiger partial charge on any atom is 0.155 e. The molecule has 0 saturated carbocycles. The average molecular weight is 285 g/mol. The summed E-state index contributed by atoms with van der Waals surface area (Å²) in [4.78, 5) is 8.12. The molecule has 112 valence electrons. The molecule has 5 nitrogen and oxygen atoms in total. The van der Waals surface area contributed by atoms with Crippen molar-refractivity contribution < 1.29 is 0 Å². The summed E-state index contributed by atoms with van der Waals surface area (Å²) in [5, 5.41) is 3.40. The van der Waals surface area contributed by atoms with E-state index in [-0.39, 0.29) is 0 Å². The highest BCUT2D eigenvalue weighted by molar-refractivity contribution is 5.80. The monoisotopic (exact) mass is 285 g/mol. The number of hydrazine groups is 1. The predicted molar refractivity (Wildman–Crippen MR) is 86.5 cm³/mol. The van der Waals surface area contributed by atoms with Crippen molar-refractivity contribution in [2.45, 2.75) is 27.2 Å². The van der Waals surface area contributed by atoms with Gasteiger partial charge in [-0.25, -0.2) is 4.98 Å². The van der Waals surface area contributed by atoms with Crippen LogP contribution < -0.4 is 16.6 Å². The van der Waals surface area contributed by atoms with Gasteiger partial charge in [0, 0.05) is 6.54 Å². The van der Waals surface area contributed by atoms with Crippen LogP contribution in [0.4, 0.5) is 0 Å². The number of H-pyrrole nitrogens is 1. The number of hydrogen-bond donors (Lipinski definition) is 4. The van der Waals surface area contributed by atoms with Crippen molar-refractivity contribution >= 4 is 16.7 Å². The van der Waals surface area contributed by atoms with Crippen LogP contribution in [-0.2, 0) is 0 Å². The van der Waals surface area contributed by atoms with Crippen molar-refractivity contribution in [3.63, 3.8) is 0 Å². The van der Waals surface area contributed by atoms with Crippen molar-refractivity contribution in [3.8, 4) is 0 Å². The Morgan fingerprint density at radius 1 is 1.33 bits per heavy atom. The molecule has 1 aliphatic rings. The Bertz CT molecular complexity index is 659. The summed E-state index contributed by atoms with van der Waals surface area (Å²) < 4.78 is 0. The first-order chi connectivity index (χ1) is 10.1. The van der Waals surface area contributed by atoms with Crippen LogP contribution in [0.2, 0.25) is 0 Å². The second-order valence-corrected chi connectivity index (χ2v) is 5.94. The minimum Gasteiger partial charge on any atom is -0.337 e. The number of hydrogen-bond acceptors (Lipinski definition) is 4. The van der Waals surface area contributed by atoms with Crippen LogP contribution in [0.3, 0.4) is 0 Å². The van der Waals surface area contributed by atoms with Gasteiger partial charge in [0.1, 0.15) is 0 Å². The van der Waals surface area contributed by atoms with Crippen LogP contribution in [0.1, 0.15) is 30.3 Å². The molecule has 2 aromatic rings. The quantitative estimate of drug-likeness (QED) is 0.502. The van der Waals surface area contributed by atoms with Gasteiger partial charge in [0.15, 0.2) is 5.82 Å². The molecule has 0 bridgehead atoms. The number of aryl methyl sites for hydroxylation is 2. The first-order valence-electron chi connectivity index (χ1n) is 7.48. The van der Waals surface area contributed by atoms with Crippen LogP contribution in [0.25, 0.3) is 16.7 Å². The van der Waals surface area contributed by atoms with E-state index in [0.717, 1.165) is 42.1 Å². The number of rotatable bonds is 2. The molecule has 0 radical (unpaired) electrons. The number of piperidine rings is 1. The molecule has 1 saturated heterocycles. The molecule has 3 rings (SSSR count). The number of imidazole rings is 1. The Morgan fingerprint density at radius 2 is 2.10 bits per heavy atom. The Labute approximate surface area is 125 Å². The molecule has 0 amide bonds. The van der Waals surface area contributed by atoms with Crippen molar-refractivity contribution in [1.29, 1.82) is 0 Å². The Morgan fingerprint density at radius 3 is 2.81 bits per heavy atom. The Kier molecular flexibility index (Phi) is 3.69. The molecule has 1 aromatic carbocycles. The lowest BCUT2D eigenvalue weighted by Crippen LogP contribution is -2.33. The van der Waals surface area contributed by atoms with E-state index >= 15 is 0 Å². The highest BCUT2D eigenvalue weighted by atomic mass is 15.2. The number of fused-ring (bicyclic) bond motifs is 1. The third-order valence-corrected chi connectivity index (χ3v) is 4.42. The number of nitrogens with one attached hydrogen (secondary N) is 3. The predicted octanol–water partition coefficient (Wildman–Crippen LogP) is 1.98. The average Bonchev–Trinajstić information content (AvgIpc) is 2.85. The van der Waals surface area contributed by atoms with Crippen molar-refractivity contribution in [1.82, 2.24) is 20.7 Å². The Balaban J connectivity index is 2.10.